The SMILES string of the molecule is CCC(C)N1CCN(C(=O)C=Cc2ccccc2)CC1. The van der Waals surface area contributed by atoms with Crippen molar-refractivity contribution in [1.82, 2.24) is 9.80 Å². The van der Waals surface area contributed by atoms with Crippen LogP contribution in [0.5, 0.6) is 0 Å². The number of hydrogen-bond acceptors (Lipinski definition) is 2. The van der Waals surface area contributed by atoms with Gasteiger partial charge in [-0.3, -0.25) is 9.69 Å². The lowest BCUT2D eigenvalue weighted by atomic mass is 10.2. The van der Waals surface area contributed by atoms with Crippen molar-refractivity contribution in [2.75, 3.05) is 26.2 Å². The third-order valence-electron chi connectivity index (χ3n) is 4.06. The van der Waals surface area contributed by atoms with Gasteiger partial charge in [-0.25, -0.2) is 0 Å². The maximum absolute atomic E-state index is 12.1. The highest BCUT2D eigenvalue weighted by atomic mass is 16.2. The highest BCUT2D eigenvalue weighted by Gasteiger charge is 2.21. The summed E-state index contributed by atoms with van der Waals surface area (Å²) in [7, 11) is 0. The van der Waals surface area contributed by atoms with Crippen LogP contribution in [0, 0.1) is 0 Å². The maximum atomic E-state index is 12.1. The lowest BCUT2D eigenvalue weighted by Crippen LogP contribution is -2.50. The third-order valence-corrected chi connectivity index (χ3v) is 4.06. The van der Waals surface area contributed by atoms with Crippen molar-refractivity contribution >= 4 is 12.0 Å². The van der Waals surface area contributed by atoms with Crippen LogP contribution in [-0.2, 0) is 4.79 Å². The Balaban J connectivity index is 1.85. The molecular weight excluding hydrogens is 248 g/mol. The van der Waals surface area contributed by atoms with Gasteiger partial charge in [-0.05, 0) is 25.0 Å². The van der Waals surface area contributed by atoms with E-state index in [4.69, 9.17) is 0 Å². The molecule has 1 aromatic rings. The second-order valence-electron chi connectivity index (χ2n) is 5.36. The number of nitrogens with zero attached hydrogens (tertiary/aromatic N) is 2. The molecular formula is C17H24N2O. The highest BCUT2D eigenvalue weighted by molar-refractivity contribution is 5.91. The van der Waals surface area contributed by atoms with E-state index in [1.807, 2.05) is 41.3 Å². The van der Waals surface area contributed by atoms with E-state index in [1.165, 1.54) is 6.42 Å². The smallest absolute Gasteiger partial charge is 0.246 e. The summed E-state index contributed by atoms with van der Waals surface area (Å²) in [6, 6.07) is 10.6. The maximum Gasteiger partial charge on any atom is 0.246 e. The van der Waals surface area contributed by atoms with Crippen molar-refractivity contribution in [3.05, 3.63) is 42.0 Å². The minimum Gasteiger partial charge on any atom is -0.337 e. The van der Waals surface area contributed by atoms with E-state index >= 15 is 0 Å². The molecule has 0 aromatic heterocycles. The average Bonchev–Trinajstić information content (AvgIpc) is 2.53. The predicted octanol–water partition coefficient (Wildman–Crippen LogP) is 2.64. The van der Waals surface area contributed by atoms with Gasteiger partial charge in [0.2, 0.25) is 5.91 Å². The van der Waals surface area contributed by atoms with E-state index < -0.39 is 0 Å². The lowest BCUT2D eigenvalue weighted by molar-refractivity contribution is -0.127. The molecule has 1 fully saturated rings. The highest BCUT2D eigenvalue weighted by Crippen LogP contribution is 2.09. The van der Waals surface area contributed by atoms with Gasteiger partial charge in [-0.2, -0.15) is 0 Å². The van der Waals surface area contributed by atoms with Crippen LogP contribution in [0.25, 0.3) is 6.08 Å². The Labute approximate surface area is 121 Å². The van der Waals surface area contributed by atoms with Gasteiger partial charge in [0, 0.05) is 38.3 Å². The normalized spacial score (nSPS) is 18.4. The van der Waals surface area contributed by atoms with E-state index in [0.717, 1.165) is 31.7 Å². The number of amides is 1. The van der Waals surface area contributed by atoms with Crippen LogP contribution in [0.2, 0.25) is 0 Å². The zero-order valence-electron chi connectivity index (χ0n) is 12.5. The number of carbonyl (C=O) groups excluding carboxylic acids is 1. The molecule has 1 amide bonds. The standard InChI is InChI=1S/C17H24N2O/c1-3-15(2)18-11-13-19(14-12-18)17(20)10-9-16-7-5-4-6-8-16/h4-10,15H,3,11-14H2,1-2H3. The molecule has 0 saturated carbocycles. The first-order chi connectivity index (χ1) is 9.70. The summed E-state index contributed by atoms with van der Waals surface area (Å²) >= 11 is 0. The summed E-state index contributed by atoms with van der Waals surface area (Å²) in [5.74, 6) is 0.123. The van der Waals surface area contributed by atoms with Gasteiger partial charge in [0.15, 0.2) is 0 Å². The molecule has 1 aliphatic heterocycles. The van der Waals surface area contributed by atoms with Gasteiger partial charge in [0.1, 0.15) is 0 Å². The Morgan fingerprint density at radius 3 is 2.45 bits per heavy atom. The molecule has 1 aliphatic rings. The van der Waals surface area contributed by atoms with Gasteiger partial charge in [0.25, 0.3) is 0 Å². The molecule has 3 heteroatoms. The van der Waals surface area contributed by atoms with Gasteiger partial charge in [-0.1, -0.05) is 37.3 Å². The summed E-state index contributed by atoms with van der Waals surface area (Å²) in [5, 5.41) is 0. The third kappa shape index (κ3) is 3.94. The molecule has 1 saturated heterocycles. The number of hydrogen-bond donors (Lipinski definition) is 0. The van der Waals surface area contributed by atoms with E-state index in [-0.39, 0.29) is 5.91 Å². The van der Waals surface area contributed by atoms with Crippen LogP contribution in [0.3, 0.4) is 0 Å². The van der Waals surface area contributed by atoms with E-state index in [2.05, 4.69) is 18.7 Å². The number of carbonyl (C=O) groups is 1. The zero-order valence-corrected chi connectivity index (χ0v) is 12.5. The van der Waals surface area contributed by atoms with E-state index in [0.29, 0.717) is 6.04 Å². The minimum atomic E-state index is 0.123. The van der Waals surface area contributed by atoms with E-state index in [1.54, 1.807) is 6.08 Å². The second-order valence-corrected chi connectivity index (χ2v) is 5.36. The molecule has 1 heterocycles. The van der Waals surface area contributed by atoms with Crippen LogP contribution < -0.4 is 0 Å². The first-order valence-corrected chi connectivity index (χ1v) is 7.46. The van der Waals surface area contributed by atoms with Gasteiger partial charge in [0.05, 0.1) is 0 Å². The molecule has 1 atom stereocenters. The number of benzene rings is 1. The lowest BCUT2D eigenvalue weighted by Gasteiger charge is -2.37. The predicted molar refractivity (Wildman–Crippen MR) is 83.4 cm³/mol. The Morgan fingerprint density at radius 1 is 1.20 bits per heavy atom. The number of rotatable bonds is 4. The quantitative estimate of drug-likeness (QED) is 0.787. The van der Waals surface area contributed by atoms with Gasteiger partial charge in [-0.15, -0.1) is 0 Å². The monoisotopic (exact) mass is 272 g/mol. The van der Waals surface area contributed by atoms with Crippen LogP contribution in [0.15, 0.2) is 36.4 Å². The molecule has 20 heavy (non-hydrogen) atoms. The first kappa shape index (κ1) is 14.8. The molecule has 1 aromatic carbocycles. The Morgan fingerprint density at radius 2 is 1.85 bits per heavy atom. The molecule has 0 radical (unpaired) electrons. The Bertz CT molecular complexity index is 447. The largest absolute Gasteiger partial charge is 0.337 e. The fourth-order valence-electron chi connectivity index (χ4n) is 2.48. The van der Waals surface area contributed by atoms with Gasteiger partial charge >= 0.3 is 0 Å². The van der Waals surface area contributed by atoms with Crippen LogP contribution in [-0.4, -0.2) is 47.9 Å². The van der Waals surface area contributed by atoms with Crippen molar-refractivity contribution in [2.24, 2.45) is 0 Å². The second kappa shape index (κ2) is 7.25. The van der Waals surface area contributed by atoms with Crippen molar-refractivity contribution in [2.45, 2.75) is 26.3 Å². The molecule has 0 spiro atoms. The summed E-state index contributed by atoms with van der Waals surface area (Å²) in [6.07, 6.45) is 4.75. The minimum absolute atomic E-state index is 0.123. The number of piperazine rings is 1. The van der Waals surface area contributed by atoms with Crippen LogP contribution in [0.1, 0.15) is 25.8 Å². The average molecular weight is 272 g/mol. The topological polar surface area (TPSA) is 23.6 Å². The van der Waals surface area contributed by atoms with Crippen LogP contribution >= 0.6 is 0 Å². The van der Waals surface area contributed by atoms with E-state index in [9.17, 15) is 4.79 Å². The molecule has 108 valence electrons. The van der Waals surface area contributed by atoms with Crippen molar-refractivity contribution in [3.8, 4) is 0 Å². The molecule has 3 nitrogen and oxygen atoms in total. The van der Waals surface area contributed by atoms with Crippen molar-refractivity contribution < 1.29 is 4.79 Å². The summed E-state index contributed by atoms with van der Waals surface area (Å²) in [5.41, 5.74) is 1.07. The molecule has 1 unspecified atom stereocenters. The Hall–Kier alpha value is -1.61. The zero-order chi connectivity index (χ0) is 14.4. The van der Waals surface area contributed by atoms with Crippen molar-refractivity contribution in [3.63, 3.8) is 0 Å². The van der Waals surface area contributed by atoms with Crippen molar-refractivity contribution in [1.29, 1.82) is 0 Å². The summed E-state index contributed by atoms with van der Waals surface area (Å²) in [6.45, 7) is 8.11. The molecule has 2 rings (SSSR count). The Kier molecular flexibility index (Phi) is 5.36. The molecule has 0 bridgehead atoms. The first-order valence-electron chi connectivity index (χ1n) is 7.46. The molecule has 0 N–H and O–H groups in total. The summed E-state index contributed by atoms with van der Waals surface area (Å²) in [4.78, 5) is 16.5. The molecule has 0 aliphatic carbocycles. The fourth-order valence-corrected chi connectivity index (χ4v) is 2.48. The fraction of sp³-hybridized carbons (Fsp3) is 0.471. The van der Waals surface area contributed by atoms with Crippen LogP contribution in [0.4, 0.5) is 0 Å². The summed E-state index contributed by atoms with van der Waals surface area (Å²) < 4.78 is 0. The van der Waals surface area contributed by atoms with Gasteiger partial charge < -0.3 is 4.90 Å².